The van der Waals surface area contributed by atoms with Gasteiger partial charge in [-0.25, -0.2) is 9.78 Å². The van der Waals surface area contributed by atoms with Gasteiger partial charge in [0.1, 0.15) is 5.82 Å². The van der Waals surface area contributed by atoms with Gasteiger partial charge in [0.05, 0.1) is 11.6 Å². The minimum absolute atomic E-state index is 0.124. The number of likely N-dealkylation sites (N-methyl/N-ethyl adjacent to an activating group) is 1. The van der Waals surface area contributed by atoms with Crippen LogP contribution in [0.15, 0.2) is 36.7 Å². The van der Waals surface area contributed by atoms with Crippen LogP contribution in [0.4, 0.5) is 10.5 Å². The fourth-order valence-corrected chi connectivity index (χ4v) is 3.42. The highest BCUT2D eigenvalue weighted by Gasteiger charge is 2.27. The Kier molecular flexibility index (Phi) is 6.09. The lowest BCUT2D eigenvalue weighted by Gasteiger charge is -2.32. The second-order valence-electron chi connectivity index (χ2n) is 7.19. The van der Waals surface area contributed by atoms with Crippen molar-refractivity contribution in [2.75, 3.05) is 39.0 Å². The Bertz CT molecular complexity index is 822. The van der Waals surface area contributed by atoms with E-state index < -0.39 is 0 Å². The third-order valence-electron chi connectivity index (χ3n) is 4.85. The topological polar surface area (TPSA) is 77.2 Å². The van der Waals surface area contributed by atoms with Crippen LogP contribution in [0, 0.1) is 11.3 Å². The maximum atomic E-state index is 12.7. The van der Waals surface area contributed by atoms with Crippen molar-refractivity contribution < 1.29 is 4.79 Å². The van der Waals surface area contributed by atoms with Crippen molar-refractivity contribution in [2.24, 2.45) is 0 Å². The van der Waals surface area contributed by atoms with Crippen molar-refractivity contribution in [3.05, 3.63) is 48.0 Å². The Balaban J connectivity index is 1.65. The van der Waals surface area contributed by atoms with Gasteiger partial charge < -0.3 is 19.7 Å². The number of nitrogens with zero attached hydrogens (tertiary/aromatic N) is 5. The molecule has 2 amide bonds. The Labute approximate surface area is 160 Å². The molecule has 7 nitrogen and oxygen atoms in total. The number of nitriles is 1. The summed E-state index contributed by atoms with van der Waals surface area (Å²) in [5.74, 6) is 1.30. The van der Waals surface area contributed by atoms with Crippen molar-refractivity contribution in [1.82, 2.24) is 19.4 Å². The third-order valence-corrected chi connectivity index (χ3v) is 4.85. The highest BCUT2D eigenvalue weighted by atomic mass is 16.2. The average molecular weight is 366 g/mol. The van der Waals surface area contributed by atoms with Crippen molar-refractivity contribution in [1.29, 1.82) is 5.26 Å². The van der Waals surface area contributed by atoms with E-state index in [4.69, 9.17) is 5.26 Å². The number of piperidine rings is 1. The smallest absolute Gasteiger partial charge is 0.321 e. The van der Waals surface area contributed by atoms with Gasteiger partial charge in [-0.05, 0) is 45.1 Å². The van der Waals surface area contributed by atoms with Crippen LogP contribution in [0.1, 0.15) is 30.1 Å². The summed E-state index contributed by atoms with van der Waals surface area (Å²) in [6.07, 6.45) is 5.85. The molecule has 1 atom stereocenters. The van der Waals surface area contributed by atoms with Crippen LogP contribution in [-0.2, 0) is 6.54 Å². The van der Waals surface area contributed by atoms with E-state index in [1.54, 1.807) is 24.3 Å². The molecule has 27 heavy (non-hydrogen) atoms. The van der Waals surface area contributed by atoms with E-state index in [1.165, 1.54) is 0 Å². The molecule has 1 aromatic heterocycles. The molecule has 1 fully saturated rings. The van der Waals surface area contributed by atoms with E-state index in [1.807, 2.05) is 17.3 Å². The summed E-state index contributed by atoms with van der Waals surface area (Å²) in [4.78, 5) is 21.2. The minimum Gasteiger partial charge on any atom is -0.333 e. The number of urea groups is 1. The monoisotopic (exact) mass is 366 g/mol. The van der Waals surface area contributed by atoms with Crippen molar-refractivity contribution in [2.45, 2.75) is 25.3 Å². The molecule has 142 valence electrons. The number of rotatable bonds is 5. The molecule has 0 aliphatic carbocycles. The first-order chi connectivity index (χ1) is 13.1. The summed E-state index contributed by atoms with van der Waals surface area (Å²) in [7, 11) is 4.12. The number of benzene rings is 1. The quantitative estimate of drug-likeness (QED) is 0.883. The standard InChI is InChI=1S/C20H26N6O/c1-24(2)11-12-25-10-8-22-19(25)17-6-4-9-26(15-17)20(27)23-18-7-3-5-16(13-18)14-21/h3,5,7-8,10,13,17H,4,6,9,11-12,15H2,1-2H3,(H,23,27)/t17-/m1/s1. The number of carbonyl (C=O) groups is 1. The lowest BCUT2D eigenvalue weighted by molar-refractivity contribution is 0.190. The van der Waals surface area contributed by atoms with Crippen LogP contribution in [0.5, 0.6) is 0 Å². The van der Waals surface area contributed by atoms with Crippen LogP contribution >= 0.6 is 0 Å². The SMILES string of the molecule is CN(C)CCn1ccnc1[C@@H]1CCCN(C(=O)Nc2cccc(C#N)c2)C1. The lowest BCUT2D eigenvalue weighted by Crippen LogP contribution is -2.42. The first-order valence-corrected chi connectivity index (χ1v) is 9.28. The number of amides is 2. The molecule has 1 aliphatic rings. The second kappa shape index (κ2) is 8.69. The van der Waals surface area contributed by atoms with E-state index in [9.17, 15) is 4.79 Å². The van der Waals surface area contributed by atoms with Gasteiger partial charge in [-0.3, -0.25) is 0 Å². The number of imidazole rings is 1. The zero-order valence-corrected chi connectivity index (χ0v) is 15.9. The molecule has 0 spiro atoms. The first kappa shape index (κ1) is 18.9. The summed E-state index contributed by atoms with van der Waals surface area (Å²) in [5.41, 5.74) is 1.18. The second-order valence-corrected chi connectivity index (χ2v) is 7.19. The molecule has 7 heteroatoms. The summed E-state index contributed by atoms with van der Waals surface area (Å²) >= 11 is 0. The van der Waals surface area contributed by atoms with Crippen LogP contribution in [0.3, 0.4) is 0 Å². The summed E-state index contributed by atoms with van der Waals surface area (Å²) in [6, 6.07) is 8.95. The molecular formula is C20H26N6O. The van der Waals surface area contributed by atoms with E-state index in [0.717, 1.165) is 38.3 Å². The van der Waals surface area contributed by atoms with Gasteiger partial charge in [-0.2, -0.15) is 5.26 Å². The van der Waals surface area contributed by atoms with Gasteiger partial charge in [0, 0.05) is 50.2 Å². The Morgan fingerprint density at radius 3 is 3.07 bits per heavy atom. The molecule has 0 radical (unpaired) electrons. The fourth-order valence-electron chi connectivity index (χ4n) is 3.42. The number of carbonyl (C=O) groups excluding carboxylic acids is 1. The summed E-state index contributed by atoms with van der Waals surface area (Å²) in [6.45, 7) is 3.24. The number of likely N-dealkylation sites (tertiary alicyclic amines) is 1. The summed E-state index contributed by atoms with van der Waals surface area (Å²) < 4.78 is 2.20. The van der Waals surface area contributed by atoms with Crippen molar-refractivity contribution in [3.8, 4) is 6.07 Å². The first-order valence-electron chi connectivity index (χ1n) is 9.28. The van der Waals surface area contributed by atoms with Crippen LogP contribution in [-0.4, -0.2) is 59.1 Å². The molecule has 3 rings (SSSR count). The number of hydrogen-bond donors (Lipinski definition) is 1. The van der Waals surface area contributed by atoms with Crippen LogP contribution in [0.2, 0.25) is 0 Å². The molecule has 0 bridgehead atoms. The molecule has 1 saturated heterocycles. The van der Waals surface area contributed by atoms with Crippen molar-refractivity contribution in [3.63, 3.8) is 0 Å². The van der Waals surface area contributed by atoms with Gasteiger partial charge in [-0.15, -0.1) is 0 Å². The fraction of sp³-hybridized carbons (Fsp3) is 0.450. The molecule has 1 aromatic carbocycles. The average Bonchev–Trinajstić information content (AvgIpc) is 3.15. The van der Waals surface area contributed by atoms with Crippen LogP contribution in [0.25, 0.3) is 0 Å². The largest absolute Gasteiger partial charge is 0.333 e. The molecule has 1 aliphatic heterocycles. The molecular weight excluding hydrogens is 340 g/mol. The third kappa shape index (κ3) is 4.86. The molecule has 1 N–H and O–H groups in total. The lowest BCUT2D eigenvalue weighted by atomic mass is 9.97. The zero-order chi connectivity index (χ0) is 19.2. The van der Waals surface area contributed by atoms with Gasteiger partial charge >= 0.3 is 6.03 Å². The maximum absolute atomic E-state index is 12.7. The van der Waals surface area contributed by atoms with E-state index in [0.29, 0.717) is 17.8 Å². The number of hydrogen-bond acceptors (Lipinski definition) is 4. The molecule has 0 saturated carbocycles. The molecule has 2 heterocycles. The van der Waals surface area contributed by atoms with E-state index in [-0.39, 0.29) is 11.9 Å². The Hall–Kier alpha value is -2.85. The maximum Gasteiger partial charge on any atom is 0.321 e. The van der Waals surface area contributed by atoms with E-state index >= 15 is 0 Å². The number of aromatic nitrogens is 2. The van der Waals surface area contributed by atoms with E-state index in [2.05, 4.69) is 39.9 Å². The van der Waals surface area contributed by atoms with Crippen molar-refractivity contribution >= 4 is 11.7 Å². The van der Waals surface area contributed by atoms with Gasteiger partial charge in [-0.1, -0.05) is 6.07 Å². The predicted molar refractivity (Wildman–Crippen MR) is 105 cm³/mol. The normalized spacial score (nSPS) is 17.0. The highest BCUT2D eigenvalue weighted by molar-refractivity contribution is 5.89. The molecule has 0 unspecified atom stereocenters. The van der Waals surface area contributed by atoms with Crippen LogP contribution < -0.4 is 5.32 Å². The highest BCUT2D eigenvalue weighted by Crippen LogP contribution is 2.26. The number of anilines is 1. The van der Waals surface area contributed by atoms with Gasteiger partial charge in [0.2, 0.25) is 0 Å². The Morgan fingerprint density at radius 2 is 2.30 bits per heavy atom. The molecule has 2 aromatic rings. The predicted octanol–water partition coefficient (Wildman–Crippen LogP) is 2.73. The summed E-state index contributed by atoms with van der Waals surface area (Å²) in [5, 5.41) is 11.9. The minimum atomic E-state index is -0.124. The number of nitrogens with one attached hydrogen (secondary N) is 1. The van der Waals surface area contributed by atoms with Gasteiger partial charge in [0.15, 0.2) is 0 Å². The zero-order valence-electron chi connectivity index (χ0n) is 15.9. The van der Waals surface area contributed by atoms with Gasteiger partial charge in [0.25, 0.3) is 0 Å². The Morgan fingerprint density at radius 1 is 1.44 bits per heavy atom.